The molecule has 6 heteroatoms. The number of hydrogen-bond donors (Lipinski definition) is 3. The maximum absolute atomic E-state index is 11.4. The predicted octanol–water partition coefficient (Wildman–Crippen LogP) is 0.155. The van der Waals surface area contributed by atoms with Crippen LogP contribution in [0.4, 0.5) is 0 Å². The van der Waals surface area contributed by atoms with Crippen LogP contribution in [0.15, 0.2) is 33.7 Å². The summed E-state index contributed by atoms with van der Waals surface area (Å²) in [5.41, 5.74) is 0.424. The van der Waals surface area contributed by atoms with Crippen LogP contribution in [0.1, 0.15) is 11.5 Å². The normalized spacial score (nSPS) is 10.2. The van der Waals surface area contributed by atoms with Gasteiger partial charge in [0.25, 0.3) is 5.56 Å². The number of hydrogen-bond acceptors (Lipinski definition) is 3. The summed E-state index contributed by atoms with van der Waals surface area (Å²) in [6, 6.07) is 4.86. The van der Waals surface area contributed by atoms with Crippen LogP contribution in [0.2, 0.25) is 0 Å². The molecule has 0 aliphatic carbocycles. The number of rotatable bonds is 4. The molecule has 0 radical (unpaired) electrons. The molecule has 0 aliphatic heterocycles. The first-order valence-corrected chi connectivity index (χ1v) is 4.79. The van der Waals surface area contributed by atoms with Gasteiger partial charge in [0.2, 0.25) is 5.91 Å². The molecule has 16 heavy (non-hydrogen) atoms. The zero-order valence-electron chi connectivity index (χ0n) is 8.45. The smallest absolute Gasteiger partial charge is 0.264 e. The van der Waals surface area contributed by atoms with Crippen molar-refractivity contribution in [3.8, 4) is 0 Å². The van der Waals surface area contributed by atoms with Crippen LogP contribution in [0.5, 0.6) is 0 Å². The van der Waals surface area contributed by atoms with Gasteiger partial charge >= 0.3 is 0 Å². The van der Waals surface area contributed by atoms with Crippen molar-refractivity contribution in [2.45, 2.75) is 13.0 Å². The Morgan fingerprint density at radius 2 is 2.31 bits per heavy atom. The van der Waals surface area contributed by atoms with Crippen molar-refractivity contribution < 1.29 is 9.21 Å². The van der Waals surface area contributed by atoms with Crippen LogP contribution < -0.4 is 10.9 Å². The average Bonchev–Trinajstić information content (AvgIpc) is 2.87. The number of carbonyl (C=O) groups is 1. The Bertz CT molecular complexity index is 509. The van der Waals surface area contributed by atoms with Gasteiger partial charge in [-0.2, -0.15) is 0 Å². The Balaban J connectivity index is 1.82. The van der Waals surface area contributed by atoms with Crippen LogP contribution in [0.25, 0.3) is 0 Å². The van der Waals surface area contributed by atoms with E-state index in [-0.39, 0.29) is 24.4 Å². The SMILES string of the molecule is O=C(Cc1ccco1)NCc1cc(=O)[nH][nH]1. The van der Waals surface area contributed by atoms with E-state index in [2.05, 4.69) is 15.5 Å². The van der Waals surface area contributed by atoms with Crippen molar-refractivity contribution >= 4 is 5.91 Å². The van der Waals surface area contributed by atoms with Gasteiger partial charge in [-0.25, -0.2) is 0 Å². The Kier molecular flexibility index (Phi) is 2.90. The summed E-state index contributed by atoms with van der Waals surface area (Å²) in [5.74, 6) is 0.456. The minimum Gasteiger partial charge on any atom is -0.469 e. The van der Waals surface area contributed by atoms with Crippen LogP contribution in [-0.2, 0) is 17.8 Å². The molecule has 0 aliphatic rings. The van der Waals surface area contributed by atoms with Crippen LogP contribution >= 0.6 is 0 Å². The Morgan fingerprint density at radius 3 is 2.94 bits per heavy atom. The molecule has 0 unspecified atom stereocenters. The molecule has 84 valence electrons. The summed E-state index contributed by atoms with van der Waals surface area (Å²) in [6.07, 6.45) is 1.72. The first-order chi connectivity index (χ1) is 7.74. The summed E-state index contributed by atoms with van der Waals surface area (Å²) in [5, 5.41) is 7.69. The lowest BCUT2D eigenvalue weighted by molar-refractivity contribution is -0.120. The highest BCUT2D eigenvalue weighted by molar-refractivity contribution is 5.77. The fourth-order valence-corrected chi connectivity index (χ4v) is 1.30. The molecule has 0 saturated heterocycles. The topological polar surface area (TPSA) is 90.9 Å². The van der Waals surface area contributed by atoms with Crippen molar-refractivity contribution in [2.24, 2.45) is 0 Å². The van der Waals surface area contributed by atoms with E-state index in [1.807, 2.05) is 0 Å². The number of amides is 1. The van der Waals surface area contributed by atoms with Gasteiger partial charge < -0.3 is 14.8 Å². The minimum absolute atomic E-state index is 0.156. The van der Waals surface area contributed by atoms with E-state index < -0.39 is 0 Å². The minimum atomic E-state index is -0.213. The highest BCUT2D eigenvalue weighted by Gasteiger charge is 2.05. The number of aromatic nitrogens is 2. The first-order valence-electron chi connectivity index (χ1n) is 4.79. The molecule has 0 aromatic carbocycles. The highest BCUT2D eigenvalue weighted by atomic mass is 16.3. The van der Waals surface area contributed by atoms with E-state index in [0.717, 1.165) is 0 Å². The summed E-state index contributed by atoms with van der Waals surface area (Å²) < 4.78 is 5.04. The van der Waals surface area contributed by atoms with Gasteiger partial charge in [-0.3, -0.25) is 14.7 Å². The lowest BCUT2D eigenvalue weighted by atomic mass is 10.3. The van der Waals surface area contributed by atoms with Gasteiger partial charge in [-0.05, 0) is 12.1 Å². The summed E-state index contributed by atoms with van der Waals surface area (Å²) in [6.45, 7) is 0.290. The van der Waals surface area contributed by atoms with Crippen molar-refractivity contribution in [1.29, 1.82) is 0 Å². The molecular weight excluding hydrogens is 210 g/mol. The van der Waals surface area contributed by atoms with Crippen LogP contribution in [0.3, 0.4) is 0 Å². The average molecular weight is 221 g/mol. The van der Waals surface area contributed by atoms with Crippen molar-refractivity contribution in [2.75, 3.05) is 0 Å². The highest BCUT2D eigenvalue weighted by Crippen LogP contribution is 2.00. The molecule has 2 heterocycles. The fraction of sp³-hybridized carbons (Fsp3) is 0.200. The second kappa shape index (κ2) is 4.52. The molecule has 0 fully saturated rings. The number of nitrogens with one attached hydrogen (secondary N) is 3. The maximum atomic E-state index is 11.4. The maximum Gasteiger partial charge on any atom is 0.264 e. The monoisotopic (exact) mass is 221 g/mol. The van der Waals surface area contributed by atoms with E-state index in [1.165, 1.54) is 12.3 Å². The molecular formula is C10H11N3O3. The van der Waals surface area contributed by atoms with E-state index in [1.54, 1.807) is 12.1 Å². The van der Waals surface area contributed by atoms with Gasteiger partial charge in [-0.15, -0.1) is 0 Å². The Labute approximate surface area is 90.6 Å². The zero-order valence-corrected chi connectivity index (χ0v) is 8.45. The van der Waals surface area contributed by atoms with E-state index in [4.69, 9.17) is 4.42 Å². The number of H-pyrrole nitrogens is 2. The lowest BCUT2D eigenvalue weighted by Gasteiger charge is -2.01. The second-order valence-electron chi connectivity index (χ2n) is 3.32. The number of aromatic amines is 2. The molecule has 0 saturated carbocycles. The summed E-state index contributed by atoms with van der Waals surface area (Å²) >= 11 is 0. The third kappa shape index (κ3) is 2.63. The summed E-state index contributed by atoms with van der Waals surface area (Å²) in [4.78, 5) is 22.2. The molecule has 2 rings (SSSR count). The Morgan fingerprint density at radius 1 is 1.44 bits per heavy atom. The number of furan rings is 1. The molecule has 6 nitrogen and oxygen atoms in total. The molecule has 2 aromatic rings. The number of carbonyl (C=O) groups excluding carboxylic acids is 1. The summed E-state index contributed by atoms with van der Waals surface area (Å²) in [7, 11) is 0. The third-order valence-corrected chi connectivity index (χ3v) is 2.04. The quantitative estimate of drug-likeness (QED) is 0.686. The van der Waals surface area contributed by atoms with E-state index in [9.17, 15) is 9.59 Å². The fourth-order valence-electron chi connectivity index (χ4n) is 1.30. The molecule has 3 N–H and O–H groups in total. The van der Waals surface area contributed by atoms with Gasteiger partial charge in [0.1, 0.15) is 5.76 Å². The van der Waals surface area contributed by atoms with Crippen molar-refractivity contribution in [1.82, 2.24) is 15.5 Å². The van der Waals surface area contributed by atoms with Gasteiger partial charge in [0.15, 0.2) is 0 Å². The van der Waals surface area contributed by atoms with E-state index in [0.29, 0.717) is 11.5 Å². The standard InChI is InChI=1S/C10H11N3O3/c14-9(5-8-2-1-3-16-8)11-6-7-4-10(15)13-12-7/h1-4H,5-6H2,(H,11,14)(H2,12,13,15). The molecule has 2 aromatic heterocycles. The largest absolute Gasteiger partial charge is 0.469 e. The third-order valence-electron chi connectivity index (χ3n) is 2.04. The Hall–Kier alpha value is -2.24. The molecule has 0 bridgehead atoms. The zero-order chi connectivity index (χ0) is 11.4. The van der Waals surface area contributed by atoms with Crippen LogP contribution in [-0.4, -0.2) is 16.1 Å². The molecule has 0 spiro atoms. The van der Waals surface area contributed by atoms with Gasteiger partial charge in [0, 0.05) is 6.07 Å². The second-order valence-corrected chi connectivity index (χ2v) is 3.32. The van der Waals surface area contributed by atoms with Gasteiger partial charge in [0.05, 0.1) is 24.9 Å². The van der Waals surface area contributed by atoms with Crippen molar-refractivity contribution in [3.05, 3.63) is 46.3 Å². The van der Waals surface area contributed by atoms with Gasteiger partial charge in [-0.1, -0.05) is 0 Å². The first kappa shape index (κ1) is 10.3. The lowest BCUT2D eigenvalue weighted by Crippen LogP contribution is -2.24. The predicted molar refractivity (Wildman–Crippen MR) is 55.7 cm³/mol. The molecule has 1 amide bonds. The van der Waals surface area contributed by atoms with Crippen LogP contribution in [0, 0.1) is 0 Å². The molecule has 0 atom stereocenters. The van der Waals surface area contributed by atoms with Crippen molar-refractivity contribution in [3.63, 3.8) is 0 Å². The van der Waals surface area contributed by atoms with E-state index >= 15 is 0 Å².